The summed E-state index contributed by atoms with van der Waals surface area (Å²) >= 11 is 0. The van der Waals surface area contributed by atoms with Gasteiger partial charge in [0.05, 0.1) is 0 Å². The number of hydrogen-bond acceptors (Lipinski definition) is 4. The molecule has 1 fully saturated rings. The fourth-order valence-corrected chi connectivity index (χ4v) is 4.06. The highest BCUT2D eigenvalue weighted by molar-refractivity contribution is 5.85. The molecule has 3 N–H and O–H groups in total. The van der Waals surface area contributed by atoms with Crippen molar-refractivity contribution in [3.05, 3.63) is 29.8 Å². The summed E-state index contributed by atoms with van der Waals surface area (Å²) in [6, 6.07) is 8.59. The first kappa shape index (κ1) is 26.5. The highest BCUT2D eigenvalue weighted by Gasteiger charge is 2.37. The molecule has 2 rings (SSSR count). The molecule has 0 saturated carbocycles. The summed E-state index contributed by atoms with van der Waals surface area (Å²) < 4.78 is 5.72. The highest BCUT2D eigenvalue weighted by Crippen LogP contribution is 2.28. The van der Waals surface area contributed by atoms with Crippen LogP contribution in [0, 0.1) is 0 Å². The average Bonchev–Trinajstić information content (AvgIpc) is 2.49. The minimum atomic E-state index is -0.503. The maximum atomic E-state index is 10.2. The van der Waals surface area contributed by atoms with Crippen LogP contribution in [0.25, 0.3) is 0 Å². The lowest BCUT2D eigenvalue weighted by atomic mass is 9.79. The molecule has 1 aliphatic rings. The first-order valence-corrected chi connectivity index (χ1v) is 9.62. The molecular weight excluding hydrogens is 383 g/mol. The molecule has 0 amide bonds. The standard InChI is InChI=1S/C21H36N2O2.2ClH/c1-6-7-16-8-10-19(11-9-16)25-15-18(24)14-22-17-12-20(2,3)23-21(4,5)13-17;;/h8-11,17-18,22-24H,6-7,12-15H2,1-5H3;2*1H. The smallest absolute Gasteiger partial charge is 0.119 e. The SMILES string of the molecule is CCCc1ccc(OCC(O)CNC2CC(C)(C)NC(C)(C)C2)cc1.Cl.Cl. The molecule has 6 heteroatoms. The highest BCUT2D eigenvalue weighted by atomic mass is 35.5. The number of benzene rings is 1. The Bertz CT molecular complexity index is 519. The van der Waals surface area contributed by atoms with E-state index in [1.54, 1.807) is 0 Å². The average molecular weight is 421 g/mol. The third-order valence-corrected chi connectivity index (χ3v) is 4.74. The van der Waals surface area contributed by atoms with Crippen molar-refractivity contribution in [2.24, 2.45) is 0 Å². The minimum Gasteiger partial charge on any atom is -0.491 e. The van der Waals surface area contributed by atoms with E-state index < -0.39 is 6.10 Å². The van der Waals surface area contributed by atoms with Crippen LogP contribution in [0.5, 0.6) is 5.75 Å². The number of ether oxygens (including phenoxy) is 1. The molecule has 1 aliphatic heterocycles. The Balaban J connectivity index is 0.00000338. The molecule has 4 nitrogen and oxygen atoms in total. The number of piperidine rings is 1. The number of aliphatic hydroxyl groups excluding tert-OH is 1. The zero-order valence-corrected chi connectivity index (χ0v) is 19.0. The predicted molar refractivity (Wildman–Crippen MR) is 119 cm³/mol. The van der Waals surface area contributed by atoms with Gasteiger partial charge in [-0.05, 0) is 64.7 Å². The van der Waals surface area contributed by atoms with Crippen molar-refractivity contribution in [2.45, 2.75) is 83.5 Å². The van der Waals surface area contributed by atoms with Crippen LogP contribution in [0.2, 0.25) is 0 Å². The van der Waals surface area contributed by atoms with Gasteiger partial charge in [-0.1, -0.05) is 25.5 Å². The number of nitrogens with one attached hydrogen (secondary N) is 2. The fourth-order valence-electron chi connectivity index (χ4n) is 4.06. The van der Waals surface area contributed by atoms with Crippen molar-refractivity contribution in [3.63, 3.8) is 0 Å². The van der Waals surface area contributed by atoms with E-state index in [2.05, 4.69) is 57.4 Å². The van der Waals surface area contributed by atoms with Crippen LogP contribution in [0.1, 0.15) is 59.4 Å². The molecule has 0 spiro atoms. The van der Waals surface area contributed by atoms with Crippen LogP contribution in [0.4, 0.5) is 0 Å². The number of rotatable bonds is 8. The van der Waals surface area contributed by atoms with E-state index >= 15 is 0 Å². The van der Waals surface area contributed by atoms with Crippen LogP contribution >= 0.6 is 24.8 Å². The van der Waals surface area contributed by atoms with Gasteiger partial charge in [0.15, 0.2) is 0 Å². The molecule has 1 aromatic carbocycles. The van der Waals surface area contributed by atoms with Gasteiger partial charge in [-0.25, -0.2) is 0 Å². The summed E-state index contributed by atoms with van der Waals surface area (Å²) in [5, 5.41) is 17.4. The number of aliphatic hydroxyl groups is 1. The Kier molecular flexibility index (Phi) is 11.3. The van der Waals surface area contributed by atoms with E-state index in [1.807, 2.05) is 12.1 Å². The summed E-state index contributed by atoms with van der Waals surface area (Å²) in [7, 11) is 0. The molecule has 27 heavy (non-hydrogen) atoms. The molecule has 1 saturated heterocycles. The second kappa shape index (κ2) is 11.5. The molecule has 0 aliphatic carbocycles. The van der Waals surface area contributed by atoms with E-state index in [1.165, 1.54) is 5.56 Å². The van der Waals surface area contributed by atoms with Crippen LogP contribution < -0.4 is 15.4 Å². The lowest BCUT2D eigenvalue weighted by Crippen LogP contribution is -2.62. The largest absolute Gasteiger partial charge is 0.491 e. The number of aryl methyl sites for hydroxylation is 1. The predicted octanol–water partition coefficient (Wildman–Crippen LogP) is 4.12. The summed E-state index contributed by atoms with van der Waals surface area (Å²) in [5.74, 6) is 0.822. The molecular formula is C21H38Cl2N2O2. The Morgan fingerprint density at radius 2 is 1.67 bits per heavy atom. The van der Waals surface area contributed by atoms with Gasteiger partial charge in [-0.15, -0.1) is 24.8 Å². The van der Waals surface area contributed by atoms with Crippen molar-refractivity contribution in [3.8, 4) is 5.75 Å². The first-order chi connectivity index (χ1) is 11.7. The van der Waals surface area contributed by atoms with E-state index in [9.17, 15) is 5.11 Å². The summed E-state index contributed by atoms with van der Waals surface area (Å²) in [4.78, 5) is 0. The molecule has 0 bridgehead atoms. The normalized spacial score (nSPS) is 19.5. The van der Waals surface area contributed by atoms with Crippen LogP contribution in [-0.2, 0) is 6.42 Å². The maximum absolute atomic E-state index is 10.2. The molecule has 1 unspecified atom stereocenters. The lowest BCUT2D eigenvalue weighted by Gasteiger charge is -2.47. The van der Waals surface area contributed by atoms with Crippen molar-refractivity contribution in [1.29, 1.82) is 0 Å². The van der Waals surface area contributed by atoms with Gasteiger partial charge in [0.2, 0.25) is 0 Å². The molecule has 1 aromatic rings. The van der Waals surface area contributed by atoms with Crippen molar-refractivity contribution in [1.82, 2.24) is 10.6 Å². The third kappa shape index (κ3) is 9.49. The Morgan fingerprint density at radius 3 is 2.19 bits per heavy atom. The Morgan fingerprint density at radius 1 is 1.11 bits per heavy atom. The maximum Gasteiger partial charge on any atom is 0.119 e. The van der Waals surface area contributed by atoms with Crippen LogP contribution in [-0.4, -0.2) is 41.5 Å². The Labute approximate surface area is 177 Å². The zero-order valence-electron chi connectivity index (χ0n) is 17.4. The minimum absolute atomic E-state index is 0. The van der Waals surface area contributed by atoms with Gasteiger partial charge in [-0.3, -0.25) is 0 Å². The summed E-state index contributed by atoms with van der Waals surface area (Å²) in [6.07, 6.45) is 3.85. The van der Waals surface area contributed by atoms with Crippen LogP contribution in [0.15, 0.2) is 24.3 Å². The van der Waals surface area contributed by atoms with Crippen molar-refractivity contribution in [2.75, 3.05) is 13.2 Å². The molecule has 0 radical (unpaired) electrons. The van der Waals surface area contributed by atoms with Crippen LogP contribution in [0.3, 0.4) is 0 Å². The molecule has 0 aromatic heterocycles. The van der Waals surface area contributed by atoms with Gasteiger partial charge in [0.1, 0.15) is 18.5 Å². The topological polar surface area (TPSA) is 53.5 Å². The van der Waals surface area contributed by atoms with Crippen molar-refractivity contribution < 1.29 is 9.84 Å². The monoisotopic (exact) mass is 420 g/mol. The van der Waals surface area contributed by atoms with Crippen molar-refractivity contribution >= 4 is 24.8 Å². The molecule has 1 atom stereocenters. The lowest BCUT2D eigenvalue weighted by molar-refractivity contribution is 0.0901. The second-order valence-electron chi connectivity index (χ2n) is 8.76. The second-order valence-corrected chi connectivity index (χ2v) is 8.76. The first-order valence-electron chi connectivity index (χ1n) is 9.62. The fraction of sp³-hybridized carbons (Fsp3) is 0.714. The zero-order chi connectivity index (χ0) is 18.5. The number of hydrogen-bond donors (Lipinski definition) is 3. The van der Waals surface area contributed by atoms with Gasteiger partial charge in [0.25, 0.3) is 0 Å². The van der Waals surface area contributed by atoms with E-state index in [0.717, 1.165) is 31.4 Å². The molecule has 1 heterocycles. The Hall–Kier alpha value is -0.520. The van der Waals surface area contributed by atoms with E-state index in [0.29, 0.717) is 19.2 Å². The van der Waals surface area contributed by atoms with Gasteiger partial charge in [0, 0.05) is 23.7 Å². The van der Waals surface area contributed by atoms with E-state index in [-0.39, 0.29) is 35.9 Å². The number of halogens is 2. The quantitative estimate of drug-likeness (QED) is 0.591. The summed E-state index contributed by atoms with van der Waals surface area (Å²) in [6.45, 7) is 12.0. The van der Waals surface area contributed by atoms with E-state index in [4.69, 9.17) is 4.74 Å². The third-order valence-electron chi connectivity index (χ3n) is 4.74. The summed E-state index contributed by atoms with van der Waals surface area (Å²) in [5.41, 5.74) is 1.55. The molecule has 158 valence electrons. The van der Waals surface area contributed by atoms with Gasteiger partial charge < -0.3 is 20.5 Å². The van der Waals surface area contributed by atoms with Gasteiger partial charge >= 0.3 is 0 Å². The van der Waals surface area contributed by atoms with Gasteiger partial charge in [-0.2, -0.15) is 0 Å².